The molecule has 1 fully saturated rings. The van der Waals surface area contributed by atoms with Gasteiger partial charge in [0.25, 0.3) is 0 Å². The third-order valence-corrected chi connectivity index (χ3v) is 3.38. The number of anilines is 1. The maximum Gasteiger partial charge on any atom is 0.245 e. The van der Waals surface area contributed by atoms with Crippen LogP contribution in [-0.2, 0) is 4.79 Å². The second kappa shape index (κ2) is 4.57. The molecule has 2 rings (SSSR count). The van der Waals surface area contributed by atoms with Crippen LogP contribution >= 0.6 is 0 Å². The third-order valence-electron chi connectivity index (χ3n) is 3.38. The summed E-state index contributed by atoms with van der Waals surface area (Å²) in [6.45, 7) is 6.79. The van der Waals surface area contributed by atoms with Gasteiger partial charge in [-0.05, 0) is 38.5 Å². The Bertz CT molecular complexity index is 457. The van der Waals surface area contributed by atoms with E-state index in [9.17, 15) is 9.90 Å². The molecule has 0 aromatic carbocycles. The van der Waals surface area contributed by atoms with E-state index >= 15 is 0 Å². The average molecular weight is 249 g/mol. The molecule has 0 saturated carbocycles. The summed E-state index contributed by atoms with van der Waals surface area (Å²) in [6, 6.07) is 3.62. The van der Waals surface area contributed by atoms with E-state index in [1.165, 1.54) is 0 Å². The van der Waals surface area contributed by atoms with E-state index in [1.807, 2.05) is 24.8 Å². The number of amides is 1. The number of hydrogen-bond acceptors (Lipinski definition) is 4. The number of hydrogen-bond donors (Lipinski definition) is 2. The molecule has 2 N–H and O–H groups in total. The van der Waals surface area contributed by atoms with E-state index in [0.717, 1.165) is 17.9 Å². The van der Waals surface area contributed by atoms with Crippen LogP contribution in [-0.4, -0.2) is 34.6 Å². The lowest BCUT2D eigenvalue weighted by molar-refractivity contribution is -0.126. The molecule has 98 valence electrons. The minimum atomic E-state index is -0.622. The molecular weight excluding hydrogens is 230 g/mol. The van der Waals surface area contributed by atoms with Gasteiger partial charge in [-0.1, -0.05) is 0 Å². The Hall–Kier alpha value is -1.62. The molecule has 1 aromatic heterocycles. The fraction of sp³-hybridized carbons (Fsp3) is 0.538. The highest BCUT2D eigenvalue weighted by molar-refractivity contribution is 5.90. The zero-order valence-corrected chi connectivity index (χ0v) is 11.0. The molecule has 1 aliphatic heterocycles. The van der Waals surface area contributed by atoms with Gasteiger partial charge in [0.05, 0.1) is 6.10 Å². The number of pyridine rings is 1. The number of piperazine rings is 1. The lowest BCUT2D eigenvalue weighted by atomic mass is 9.98. The van der Waals surface area contributed by atoms with Gasteiger partial charge in [0.2, 0.25) is 5.91 Å². The van der Waals surface area contributed by atoms with Crippen LogP contribution in [0, 0.1) is 0 Å². The number of aromatic nitrogens is 1. The molecule has 18 heavy (non-hydrogen) atoms. The van der Waals surface area contributed by atoms with Gasteiger partial charge in [-0.2, -0.15) is 0 Å². The standard InChI is InChI=1S/C13H19N3O2/c1-9(17)10-4-5-14-11(8-10)16-7-6-15-12(18)13(16,2)3/h4-5,8-9,17H,6-7H2,1-3H3,(H,15,18). The van der Waals surface area contributed by atoms with E-state index < -0.39 is 11.6 Å². The van der Waals surface area contributed by atoms with E-state index in [0.29, 0.717) is 6.54 Å². The third kappa shape index (κ3) is 2.18. The molecular formula is C13H19N3O2. The lowest BCUT2D eigenvalue weighted by Gasteiger charge is -2.42. The first-order chi connectivity index (χ1) is 8.43. The van der Waals surface area contributed by atoms with Gasteiger partial charge in [0.1, 0.15) is 11.4 Å². The summed E-state index contributed by atoms with van der Waals surface area (Å²) in [5.74, 6) is 0.728. The van der Waals surface area contributed by atoms with Crippen molar-refractivity contribution in [3.63, 3.8) is 0 Å². The Morgan fingerprint density at radius 3 is 2.94 bits per heavy atom. The highest BCUT2D eigenvalue weighted by Crippen LogP contribution is 2.26. The number of carbonyl (C=O) groups excluding carboxylic acids is 1. The van der Waals surface area contributed by atoms with Crippen LogP contribution in [0.1, 0.15) is 32.4 Å². The molecule has 5 heteroatoms. The summed E-state index contributed by atoms with van der Waals surface area (Å²) < 4.78 is 0. The van der Waals surface area contributed by atoms with Crippen molar-refractivity contribution in [2.45, 2.75) is 32.4 Å². The van der Waals surface area contributed by atoms with Crippen molar-refractivity contribution in [3.8, 4) is 0 Å². The van der Waals surface area contributed by atoms with Crippen molar-refractivity contribution >= 4 is 11.7 Å². The SMILES string of the molecule is CC(O)c1ccnc(N2CCNC(=O)C2(C)C)c1. The zero-order chi connectivity index (χ0) is 13.3. The topological polar surface area (TPSA) is 65.5 Å². The minimum Gasteiger partial charge on any atom is -0.389 e. The summed E-state index contributed by atoms with van der Waals surface area (Å²) in [4.78, 5) is 18.2. The molecule has 1 atom stereocenters. The summed E-state index contributed by atoms with van der Waals surface area (Å²) >= 11 is 0. The van der Waals surface area contributed by atoms with E-state index in [-0.39, 0.29) is 5.91 Å². The molecule has 0 bridgehead atoms. The maximum atomic E-state index is 11.9. The zero-order valence-electron chi connectivity index (χ0n) is 11.0. The Morgan fingerprint density at radius 2 is 2.28 bits per heavy atom. The number of rotatable bonds is 2. The molecule has 1 amide bonds. The fourth-order valence-corrected chi connectivity index (χ4v) is 2.14. The second-order valence-corrected chi connectivity index (χ2v) is 5.09. The van der Waals surface area contributed by atoms with Gasteiger partial charge in [-0.25, -0.2) is 4.98 Å². The van der Waals surface area contributed by atoms with Crippen LogP contribution in [0.2, 0.25) is 0 Å². The molecule has 0 radical (unpaired) electrons. The van der Waals surface area contributed by atoms with Gasteiger partial charge in [-0.15, -0.1) is 0 Å². The molecule has 0 aliphatic carbocycles. The Labute approximate surface area is 107 Å². The number of aliphatic hydroxyl groups is 1. The number of aliphatic hydroxyl groups excluding tert-OH is 1. The molecule has 2 heterocycles. The van der Waals surface area contributed by atoms with Gasteiger partial charge >= 0.3 is 0 Å². The summed E-state index contributed by atoms with van der Waals surface area (Å²) in [6.07, 6.45) is 1.13. The predicted octanol–water partition coefficient (Wildman–Crippen LogP) is 0.850. The predicted molar refractivity (Wildman–Crippen MR) is 69.3 cm³/mol. The maximum absolute atomic E-state index is 11.9. The van der Waals surface area contributed by atoms with Gasteiger partial charge in [-0.3, -0.25) is 4.79 Å². The number of nitrogens with zero attached hydrogens (tertiary/aromatic N) is 2. The molecule has 1 aliphatic rings. The van der Waals surface area contributed by atoms with Crippen molar-refractivity contribution in [2.75, 3.05) is 18.0 Å². The summed E-state index contributed by atoms with van der Waals surface area (Å²) in [5, 5.41) is 12.5. The Balaban J connectivity index is 2.35. The van der Waals surface area contributed by atoms with Crippen molar-refractivity contribution in [1.29, 1.82) is 0 Å². The fourth-order valence-electron chi connectivity index (χ4n) is 2.14. The first kappa shape index (κ1) is 12.8. The number of nitrogens with one attached hydrogen (secondary N) is 1. The van der Waals surface area contributed by atoms with Gasteiger partial charge < -0.3 is 15.3 Å². The first-order valence-electron chi connectivity index (χ1n) is 6.13. The van der Waals surface area contributed by atoms with Crippen molar-refractivity contribution < 1.29 is 9.90 Å². The van der Waals surface area contributed by atoms with Crippen LogP contribution in [0.4, 0.5) is 5.82 Å². The normalized spacial score (nSPS) is 20.4. The van der Waals surface area contributed by atoms with Gasteiger partial charge in [0.15, 0.2) is 0 Å². The Kier molecular flexibility index (Phi) is 3.26. The van der Waals surface area contributed by atoms with Crippen molar-refractivity contribution in [1.82, 2.24) is 10.3 Å². The van der Waals surface area contributed by atoms with Gasteiger partial charge in [0, 0.05) is 19.3 Å². The summed E-state index contributed by atoms with van der Waals surface area (Å²) in [5.41, 5.74) is 0.185. The van der Waals surface area contributed by atoms with Crippen LogP contribution in [0.3, 0.4) is 0 Å². The molecule has 1 aromatic rings. The van der Waals surface area contributed by atoms with Crippen LogP contribution < -0.4 is 10.2 Å². The molecule has 1 unspecified atom stereocenters. The molecule has 5 nitrogen and oxygen atoms in total. The summed E-state index contributed by atoms with van der Waals surface area (Å²) in [7, 11) is 0. The highest BCUT2D eigenvalue weighted by atomic mass is 16.3. The second-order valence-electron chi connectivity index (χ2n) is 5.09. The van der Waals surface area contributed by atoms with Crippen LogP contribution in [0.5, 0.6) is 0 Å². The van der Waals surface area contributed by atoms with E-state index in [1.54, 1.807) is 19.2 Å². The van der Waals surface area contributed by atoms with Crippen molar-refractivity contribution in [3.05, 3.63) is 23.9 Å². The van der Waals surface area contributed by atoms with E-state index in [4.69, 9.17) is 0 Å². The monoisotopic (exact) mass is 249 g/mol. The molecule has 0 spiro atoms. The van der Waals surface area contributed by atoms with Crippen molar-refractivity contribution in [2.24, 2.45) is 0 Å². The first-order valence-corrected chi connectivity index (χ1v) is 6.13. The quantitative estimate of drug-likeness (QED) is 0.815. The smallest absolute Gasteiger partial charge is 0.245 e. The van der Waals surface area contributed by atoms with Crippen LogP contribution in [0.25, 0.3) is 0 Å². The molecule has 1 saturated heterocycles. The van der Waals surface area contributed by atoms with Crippen LogP contribution in [0.15, 0.2) is 18.3 Å². The largest absolute Gasteiger partial charge is 0.389 e. The number of carbonyl (C=O) groups is 1. The average Bonchev–Trinajstić information content (AvgIpc) is 2.32. The minimum absolute atomic E-state index is 0.00185. The highest BCUT2D eigenvalue weighted by Gasteiger charge is 2.38. The Morgan fingerprint density at radius 1 is 1.56 bits per heavy atom. The lowest BCUT2D eigenvalue weighted by Crippen LogP contribution is -2.62. The van der Waals surface area contributed by atoms with E-state index in [2.05, 4.69) is 10.3 Å².